The van der Waals surface area contributed by atoms with Crippen LogP contribution in [0, 0.1) is 5.92 Å². The maximum Gasteiger partial charge on any atom is 0.410 e. The van der Waals surface area contributed by atoms with Crippen LogP contribution >= 0.6 is 0 Å². The molecule has 1 fully saturated rings. The molecule has 0 bridgehead atoms. The van der Waals surface area contributed by atoms with Gasteiger partial charge in [-0.05, 0) is 24.0 Å². The zero-order valence-electron chi connectivity index (χ0n) is 16.5. The average Bonchev–Trinajstić information content (AvgIpc) is 2.75. The van der Waals surface area contributed by atoms with Gasteiger partial charge in [-0.25, -0.2) is 9.18 Å². The molecule has 1 unspecified atom stereocenters. The van der Waals surface area contributed by atoms with Crippen molar-refractivity contribution in [2.75, 3.05) is 6.67 Å². The minimum atomic E-state index is -0.894. The van der Waals surface area contributed by atoms with Gasteiger partial charge in [0.15, 0.2) is 0 Å². The van der Waals surface area contributed by atoms with Crippen LogP contribution in [0.5, 0.6) is 0 Å². The number of rotatable bonds is 7. The molecular formula is C23H26FNO4. The van der Waals surface area contributed by atoms with E-state index in [1.807, 2.05) is 60.7 Å². The number of ether oxygens (including phenoxy) is 2. The van der Waals surface area contributed by atoms with Crippen molar-refractivity contribution in [3.8, 4) is 0 Å². The first-order valence-electron chi connectivity index (χ1n) is 9.86. The molecule has 0 aliphatic carbocycles. The van der Waals surface area contributed by atoms with E-state index in [9.17, 15) is 14.0 Å². The summed E-state index contributed by atoms with van der Waals surface area (Å²) in [5.74, 6) is -0.559. The molecule has 2 aromatic rings. The van der Waals surface area contributed by atoms with Gasteiger partial charge in [0.1, 0.15) is 25.4 Å². The van der Waals surface area contributed by atoms with Crippen LogP contribution in [0.3, 0.4) is 0 Å². The number of nitrogens with zero attached hydrogens (tertiary/aromatic N) is 1. The van der Waals surface area contributed by atoms with Crippen molar-refractivity contribution in [1.29, 1.82) is 0 Å². The molecule has 5 nitrogen and oxygen atoms in total. The Bertz CT molecular complexity index is 799. The van der Waals surface area contributed by atoms with Gasteiger partial charge in [-0.2, -0.15) is 0 Å². The molecule has 0 aromatic heterocycles. The van der Waals surface area contributed by atoms with Crippen LogP contribution in [0.15, 0.2) is 60.7 Å². The van der Waals surface area contributed by atoms with Crippen LogP contribution in [0.4, 0.5) is 9.18 Å². The summed E-state index contributed by atoms with van der Waals surface area (Å²) in [7, 11) is 0. The molecule has 3 atom stereocenters. The highest BCUT2D eigenvalue weighted by Crippen LogP contribution is 2.26. The number of esters is 1. The van der Waals surface area contributed by atoms with E-state index in [1.54, 1.807) is 6.92 Å². The van der Waals surface area contributed by atoms with Crippen LogP contribution in [-0.4, -0.2) is 35.8 Å². The molecule has 2 aromatic carbocycles. The molecule has 0 spiro atoms. The number of carbonyl (C=O) groups excluding carboxylic acids is 2. The predicted octanol–water partition coefficient (Wildman–Crippen LogP) is 4.51. The number of amides is 1. The largest absolute Gasteiger partial charge is 0.460 e. The fraction of sp³-hybridized carbons (Fsp3) is 0.391. The number of hydrogen-bond donors (Lipinski definition) is 0. The molecule has 0 N–H and O–H groups in total. The standard InChI is InChI=1S/C23H26FNO4/c1-17-12-13-21(29-22(17)26)20(14-24)25(15-18-8-4-2-5-9-18)23(27)28-16-19-10-6-3-7-11-19/h2-11,17,20-21H,12-16H2,1H3/t17?,20-,21+/m1/s1. The lowest BCUT2D eigenvalue weighted by Gasteiger charge is -2.37. The van der Waals surface area contributed by atoms with Gasteiger partial charge < -0.3 is 9.47 Å². The van der Waals surface area contributed by atoms with Crippen LogP contribution in [0.1, 0.15) is 30.9 Å². The second kappa shape index (κ2) is 10.0. The Morgan fingerprint density at radius 3 is 2.31 bits per heavy atom. The summed E-state index contributed by atoms with van der Waals surface area (Å²) in [6.07, 6.45) is -0.191. The Balaban J connectivity index is 1.77. The van der Waals surface area contributed by atoms with Crippen molar-refractivity contribution < 1.29 is 23.5 Å². The second-order valence-electron chi connectivity index (χ2n) is 7.33. The van der Waals surface area contributed by atoms with Gasteiger partial charge in [0.25, 0.3) is 0 Å². The normalized spacial score (nSPS) is 19.9. The van der Waals surface area contributed by atoms with Crippen LogP contribution in [-0.2, 0) is 27.4 Å². The van der Waals surface area contributed by atoms with Gasteiger partial charge in [0.05, 0.1) is 5.92 Å². The summed E-state index contributed by atoms with van der Waals surface area (Å²) in [6.45, 7) is 1.23. The fourth-order valence-electron chi connectivity index (χ4n) is 3.41. The van der Waals surface area contributed by atoms with Gasteiger partial charge in [-0.3, -0.25) is 9.69 Å². The monoisotopic (exact) mass is 399 g/mol. The van der Waals surface area contributed by atoms with Gasteiger partial charge in [-0.1, -0.05) is 67.6 Å². The van der Waals surface area contributed by atoms with E-state index in [0.717, 1.165) is 11.1 Å². The molecule has 3 rings (SSSR count). The van der Waals surface area contributed by atoms with Crippen molar-refractivity contribution in [2.45, 2.75) is 45.1 Å². The highest BCUT2D eigenvalue weighted by atomic mass is 19.1. The Kier molecular flexibility index (Phi) is 7.22. The topological polar surface area (TPSA) is 55.8 Å². The molecule has 154 valence electrons. The highest BCUT2D eigenvalue weighted by Gasteiger charge is 2.38. The Labute approximate surface area is 170 Å². The summed E-state index contributed by atoms with van der Waals surface area (Å²) in [6, 6.07) is 17.7. The smallest absolute Gasteiger partial charge is 0.410 e. The lowest BCUT2D eigenvalue weighted by atomic mass is 9.95. The third-order valence-corrected chi connectivity index (χ3v) is 5.18. The lowest BCUT2D eigenvalue weighted by Crippen LogP contribution is -2.51. The average molecular weight is 399 g/mol. The van der Waals surface area contributed by atoms with E-state index in [2.05, 4.69) is 0 Å². The van der Waals surface area contributed by atoms with Gasteiger partial charge in [0.2, 0.25) is 0 Å². The first-order chi connectivity index (χ1) is 14.1. The number of alkyl halides is 1. The molecule has 0 saturated carbocycles. The zero-order valence-corrected chi connectivity index (χ0v) is 16.5. The van der Waals surface area contributed by atoms with Gasteiger partial charge in [-0.15, -0.1) is 0 Å². The highest BCUT2D eigenvalue weighted by molar-refractivity contribution is 5.73. The SMILES string of the molecule is CC1CC[C@@H]([C@@H](CF)N(Cc2ccccc2)C(=O)OCc2ccccc2)OC1=O. The summed E-state index contributed by atoms with van der Waals surface area (Å²) >= 11 is 0. The third-order valence-electron chi connectivity index (χ3n) is 5.18. The number of carbonyl (C=O) groups is 2. The maximum absolute atomic E-state index is 14.1. The number of hydrogen-bond acceptors (Lipinski definition) is 4. The summed E-state index contributed by atoms with van der Waals surface area (Å²) in [5.41, 5.74) is 1.69. The van der Waals surface area contributed by atoms with E-state index >= 15 is 0 Å². The molecular weight excluding hydrogens is 373 g/mol. The summed E-state index contributed by atoms with van der Waals surface area (Å²) < 4.78 is 25.0. The summed E-state index contributed by atoms with van der Waals surface area (Å²) in [4.78, 5) is 26.3. The zero-order chi connectivity index (χ0) is 20.6. The van der Waals surface area contributed by atoms with Crippen molar-refractivity contribution in [1.82, 2.24) is 4.90 Å². The quantitative estimate of drug-likeness (QED) is 0.643. The number of benzene rings is 2. The second-order valence-corrected chi connectivity index (χ2v) is 7.33. The summed E-state index contributed by atoms with van der Waals surface area (Å²) in [5, 5.41) is 0. The van der Waals surface area contributed by atoms with Crippen LogP contribution < -0.4 is 0 Å². The first-order valence-corrected chi connectivity index (χ1v) is 9.86. The van der Waals surface area contributed by atoms with Crippen LogP contribution in [0.2, 0.25) is 0 Å². The minimum absolute atomic E-state index is 0.0887. The van der Waals surface area contributed by atoms with E-state index in [1.165, 1.54) is 4.90 Å². The minimum Gasteiger partial charge on any atom is -0.460 e. The molecule has 1 saturated heterocycles. The first kappa shape index (κ1) is 20.8. The van der Waals surface area contributed by atoms with Gasteiger partial charge >= 0.3 is 12.1 Å². The molecule has 29 heavy (non-hydrogen) atoms. The predicted molar refractivity (Wildman–Crippen MR) is 107 cm³/mol. The third kappa shape index (κ3) is 5.56. The van der Waals surface area contributed by atoms with Crippen molar-refractivity contribution in [2.24, 2.45) is 5.92 Å². The number of cyclic esters (lactones) is 1. The molecule has 1 aliphatic heterocycles. The van der Waals surface area contributed by atoms with Gasteiger partial charge in [0, 0.05) is 6.54 Å². The molecule has 1 amide bonds. The molecule has 6 heteroatoms. The fourth-order valence-corrected chi connectivity index (χ4v) is 3.41. The Morgan fingerprint density at radius 1 is 1.10 bits per heavy atom. The molecule has 1 aliphatic rings. The van der Waals surface area contributed by atoms with Crippen molar-refractivity contribution >= 4 is 12.1 Å². The van der Waals surface area contributed by atoms with Crippen molar-refractivity contribution in [3.05, 3.63) is 71.8 Å². The van der Waals surface area contributed by atoms with E-state index in [4.69, 9.17) is 9.47 Å². The van der Waals surface area contributed by atoms with E-state index in [0.29, 0.717) is 12.8 Å². The van der Waals surface area contributed by atoms with E-state index in [-0.39, 0.29) is 25.0 Å². The Morgan fingerprint density at radius 2 is 1.72 bits per heavy atom. The molecule has 1 heterocycles. The van der Waals surface area contributed by atoms with E-state index < -0.39 is 24.9 Å². The van der Waals surface area contributed by atoms with Crippen LogP contribution in [0.25, 0.3) is 0 Å². The lowest BCUT2D eigenvalue weighted by molar-refractivity contribution is -0.164. The Hall–Kier alpha value is -2.89. The maximum atomic E-state index is 14.1. The van der Waals surface area contributed by atoms with Crippen molar-refractivity contribution in [3.63, 3.8) is 0 Å². The molecule has 0 radical (unpaired) electrons. The number of halogens is 1.